The summed E-state index contributed by atoms with van der Waals surface area (Å²) < 4.78 is 2.20. The van der Waals surface area contributed by atoms with Crippen LogP contribution in [0.3, 0.4) is 0 Å². The van der Waals surface area contributed by atoms with Gasteiger partial charge in [-0.3, -0.25) is 4.57 Å². The van der Waals surface area contributed by atoms with Crippen LogP contribution in [0, 0.1) is 6.92 Å². The summed E-state index contributed by atoms with van der Waals surface area (Å²) in [7, 11) is 0. The third kappa shape index (κ3) is 4.98. The summed E-state index contributed by atoms with van der Waals surface area (Å²) in [6, 6.07) is 61.1. The highest BCUT2D eigenvalue weighted by atomic mass is 15.2. The lowest BCUT2D eigenvalue weighted by Crippen LogP contribution is -2.15. The van der Waals surface area contributed by atoms with Crippen LogP contribution < -0.4 is 0 Å². The number of para-hydroxylation sites is 3. The summed E-state index contributed by atoms with van der Waals surface area (Å²) in [6.07, 6.45) is 0. The van der Waals surface area contributed by atoms with E-state index in [2.05, 4.69) is 195 Å². The van der Waals surface area contributed by atoms with E-state index in [4.69, 9.17) is 16.5 Å². The first-order valence-corrected chi connectivity index (χ1v) is 19.7. The first-order chi connectivity index (χ1) is 27.9. The molecule has 11 rings (SSSR count). The molecule has 10 aromatic rings. The van der Waals surface area contributed by atoms with Crippen LogP contribution in [0.5, 0.6) is 0 Å². The molecule has 2 aromatic heterocycles. The van der Waals surface area contributed by atoms with Crippen molar-refractivity contribution in [2.24, 2.45) is 0 Å². The summed E-state index contributed by atoms with van der Waals surface area (Å²) in [5.74, 6) is 0.653. The molecule has 0 amide bonds. The minimum Gasteiger partial charge on any atom is -0.278 e. The quantitative estimate of drug-likeness (QED) is 0.177. The predicted octanol–water partition coefficient (Wildman–Crippen LogP) is 13.9. The molecule has 57 heavy (non-hydrogen) atoms. The first kappa shape index (κ1) is 33.3. The molecule has 270 valence electrons. The van der Waals surface area contributed by atoms with Crippen molar-refractivity contribution >= 4 is 49.1 Å². The topological polar surface area (TPSA) is 30.7 Å². The number of rotatable bonds is 5. The van der Waals surface area contributed by atoms with Gasteiger partial charge in [-0.1, -0.05) is 154 Å². The van der Waals surface area contributed by atoms with Gasteiger partial charge in [0.15, 0.2) is 0 Å². The molecule has 8 aromatic carbocycles. The van der Waals surface area contributed by atoms with E-state index in [0.29, 0.717) is 5.95 Å². The lowest BCUT2D eigenvalue weighted by atomic mass is 9.79. The third-order valence-electron chi connectivity index (χ3n) is 12.3. The number of fused-ring (bicyclic) bond motifs is 9. The van der Waals surface area contributed by atoms with Gasteiger partial charge in [-0.15, -0.1) is 0 Å². The minimum atomic E-state index is -0.182. The predicted molar refractivity (Wildman–Crippen MR) is 239 cm³/mol. The molecule has 0 radical (unpaired) electrons. The smallest absolute Gasteiger partial charge is 0.235 e. The van der Waals surface area contributed by atoms with Gasteiger partial charge in [-0.05, 0) is 110 Å². The highest BCUT2D eigenvalue weighted by Gasteiger charge is 2.37. The summed E-state index contributed by atoms with van der Waals surface area (Å²) >= 11 is 0. The molecule has 3 nitrogen and oxygen atoms in total. The second-order valence-corrected chi connectivity index (χ2v) is 15.9. The maximum absolute atomic E-state index is 5.40. The van der Waals surface area contributed by atoms with Crippen molar-refractivity contribution in [1.82, 2.24) is 14.5 Å². The van der Waals surface area contributed by atoms with Crippen molar-refractivity contribution in [3.8, 4) is 39.5 Å². The second kappa shape index (κ2) is 12.5. The molecular formula is C54H39N3. The summed E-state index contributed by atoms with van der Waals surface area (Å²) in [5.41, 5.74) is 17.0. The Bertz CT molecular complexity index is 3250. The fourth-order valence-electron chi connectivity index (χ4n) is 9.43. The lowest BCUT2D eigenvalue weighted by Gasteiger charge is -2.24. The van der Waals surface area contributed by atoms with Crippen molar-refractivity contribution < 1.29 is 0 Å². The van der Waals surface area contributed by atoms with Crippen LogP contribution in [0.4, 0.5) is 0 Å². The SMILES string of the molecule is C=C(c1cccc(-c2nc(-n3c4ccccc4c4ccccc43)nc3ccccc23)c1)c1cc2c(cc1-c1ccccc1C)-c1c(ccc3ccccc13)C2(C)C. The zero-order valence-electron chi connectivity index (χ0n) is 32.2. The summed E-state index contributed by atoms with van der Waals surface area (Å²) in [5, 5.41) is 5.94. The molecule has 0 fully saturated rings. The average molecular weight is 730 g/mol. The van der Waals surface area contributed by atoms with Gasteiger partial charge in [0.25, 0.3) is 0 Å². The standard InChI is InChI=1S/C54H39N3/c1-33-16-5-7-20-38(33)44-31-45-47(54(3,4)46-29-28-35-17-6-8-21-39(35)51(45)46)32-43(44)34(2)36-18-15-19-37(30-36)52-42-24-9-12-25-48(42)55-53(56-52)57-49-26-13-10-22-40(49)41-23-11-14-27-50(41)57/h5-32H,2H2,1,3-4H3. The van der Waals surface area contributed by atoms with Crippen LogP contribution in [0.1, 0.15) is 41.7 Å². The summed E-state index contributed by atoms with van der Waals surface area (Å²) in [6.45, 7) is 11.8. The lowest BCUT2D eigenvalue weighted by molar-refractivity contribution is 0.660. The van der Waals surface area contributed by atoms with Gasteiger partial charge in [0.05, 0.1) is 22.2 Å². The highest BCUT2D eigenvalue weighted by Crippen LogP contribution is 2.54. The molecule has 0 saturated heterocycles. The number of aryl methyl sites for hydroxylation is 1. The van der Waals surface area contributed by atoms with Crippen molar-refractivity contribution in [3.05, 3.63) is 204 Å². The van der Waals surface area contributed by atoms with Crippen LogP contribution in [0.15, 0.2) is 176 Å². The number of benzene rings is 8. The van der Waals surface area contributed by atoms with Crippen LogP contribution >= 0.6 is 0 Å². The van der Waals surface area contributed by atoms with Gasteiger partial charge >= 0.3 is 0 Å². The van der Waals surface area contributed by atoms with E-state index in [9.17, 15) is 0 Å². The molecule has 0 atom stereocenters. The maximum Gasteiger partial charge on any atom is 0.235 e. The Balaban J connectivity index is 1.10. The van der Waals surface area contributed by atoms with Gasteiger partial charge < -0.3 is 0 Å². The zero-order chi connectivity index (χ0) is 38.4. The van der Waals surface area contributed by atoms with Crippen molar-refractivity contribution in [1.29, 1.82) is 0 Å². The molecule has 0 spiro atoms. The Morgan fingerprint density at radius 1 is 0.544 bits per heavy atom. The minimum absolute atomic E-state index is 0.182. The molecule has 0 unspecified atom stereocenters. The monoisotopic (exact) mass is 729 g/mol. The van der Waals surface area contributed by atoms with Gasteiger partial charge in [0.2, 0.25) is 5.95 Å². The maximum atomic E-state index is 5.40. The van der Waals surface area contributed by atoms with Crippen LogP contribution in [-0.4, -0.2) is 14.5 Å². The molecule has 0 saturated carbocycles. The Labute approximate surface area is 332 Å². The zero-order valence-corrected chi connectivity index (χ0v) is 32.2. The molecule has 1 aliphatic rings. The van der Waals surface area contributed by atoms with Gasteiger partial charge in [0.1, 0.15) is 0 Å². The van der Waals surface area contributed by atoms with Crippen LogP contribution in [0.25, 0.3) is 88.5 Å². The number of nitrogens with zero attached hydrogens (tertiary/aromatic N) is 3. The molecule has 0 aliphatic heterocycles. The Morgan fingerprint density at radius 3 is 1.98 bits per heavy atom. The number of hydrogen-bond donors (Lipinski definition) is 0. The number of aromatic nitrogens is 3. The van der Waals surface area contributed by atoms with Gasteiger partial charge in [-0.25, -0.2) is 9.97 Å². The fourth-order valence-corrected chi connectivity index (χ4v) is 9.43. The van der Waals surface area contributed by atoms with Gasteiger partial charge in [-0.2, -0.15) is 0 Å². The number of hydrogen-bond acceptors (Lipinski definition) is 2. The summed E-state index contributed by atoms with van der Waals surface area (Å²) in [4.78, 5) is 10.6. The van der Waals surface area contributed by atoms with Crippen molar-refractivity contribution in [2.75, 3.05) is 0 Å². The van der Waals surface area contributed by atoms with Crippen LogP contribution in [0.2, 0.25) is 0 Å². The van der Waals surface area contributed by atoms with E-state index in [-0.39, 0.29) is 5.41 Å². The van der Waals surface area contributed by atoms with Gasteiger partial charge in [0, 0.05) is 27.1 Å². The van der Waals surface area contributed by atoms with E-state index in [1.165, 1.54) is 60.5 Å². The van der Waals surface area contributed by atoms with E-state index in [1.807, 2.05) is 0 Å². The van der Waals surface area contributed by atoms with E-state index in [1.54, 1.807) is 0 Å². The molecule has 3 heteroatoms. The molecule has 2 heterocycles. The normalized spacial score (nSPS) is 13.0. The average Bonchev–Trinajstić information content (AvgIpc) is 3.71. The largest absolute Gasteiger partial charge is 0.278 e. The van der Waals surface area contributed by atoms with Crippen molar-refractivity contribution in [2.45, 2.75) is 26.2 Å². The molecular weight excluding hydrogens is 691 g/mol. The fraction of sp³-hybridized carbons (Fsp3) is 0.0741. The molecule has 0 bridgehead atoms. The van der Waals surface area contributed by atoms with Crippen LogP contribution in [-0.2, 0) is 5.41 Å². The van der Waals surface area contributed by atoms with Crippen molar-refractivity contribution in [3.63, 3.8) is 0 Å². The first-order valence-electron chi connectivity index (χ1n) is 19.7. The Hall–Kier alpha value is -7.10. The van der Waals surface area contributed by atoms with E-state index >= 15 is 0 Å². The van der Waals surface area contributed by atoms with E-state index < -0.39 is 0 Å². The highest BCUT2D eigenvalue weighted by molar-refractivity contribution is 6.09. The Morgan fingerprint density at radius 2 is 1.21 bits per heavy atom. The third-order valence-corrected chi connectivity index (χ3v) is 12.3. The molecule has 1 aliphatic carbocycles. The van der Waals surface area contributed by atoms with E-state index in [0.717, 1.165) is 49.9 Å². The molecule has 0 N–H and O–H groups in total. The second-order valence-electron chi connectivity index (χ2n) is 15.9. The Kier molecular flexibility index (Phi) is 7.27.